The number of ether oxygens (including phenoxy) is 2. The van der Waals surface area contributed by atoms with E-state index >= 15 is 0 Å². The second kappa shape index (κ2) is 11.1. The fourth-order valence-electron chi connectivity index (χ4n) is 6.49. The summed E-state index contributed by atoms with van der Waals surface area (Å²) in [5.74, 6) is 3.72. The van der Waals surface area contributed by atoms with Crippen molar-refractivity contribution in [2.24, 2.45) is 29.6 Å². The van der Waals surface area contributed by atoms with E-state index in [0.717, 1.165) is 50.6 Å². The highest BCUT2D eigenvalue weighted by Gasteiger charge is 2.37. The van der Waals surface area contributed by atoms with Gasteiger partial charge in [-0.05, 0) is 98.0 Å². The van der Waals surface area contributed by atoms with E-state index in [2.05, 4.69) is 69.0 Å². The quantitative estimate of drug-likeness (QED) is 0.427. The largest absolute Gasteiger partial charge is 0.490 e. The first-order chi connectivity index (χ1) is 16.3. The summed E-state index contributed by atoms with van der Waals surface area (Å²) in [5.41, 5.74) is 1.32. The molecular weight excluding hydrogens is 422 g/mol. The van der Waals surface area contributed by atoms with Crippen LogP contribution in [0.15, 0.2) is 36.4 Å². The molecule has 2 unspecified atom stereocenters. The molecule has 2 aliphatic rings. The molecule has 1 aliphatic heterocycles. The van der Waals surface area contributed by atoms with E-state index in [9.17, 15) is 4.79 Å². The zero-order valence-electron chi connectivity index (χ0n) is 21.8. The average Bonchev–Trinajstić information content (AvgIpc) is 2.79. The van der Waals surface area contributed by atoms with Gasteiger partial charge in [0, 0.05) is 12.5 Å². The fraction of sp³-hybridized carbons (Fsp3) is 0.633. The molecule has 0 bridgehead atoms. The van der Waals surface area contributed by atoms with Gasteiger partial charge in [0.05, 0.1) is 12.5 Å². The predicted molar refractivity (Wildman–Crippen MR) is 139 cm³/mol. The SMILES string of the molecule is CCOC(=O)C1CCN(Cc2ccc3cc(O[C@@H]4C[C@H](C)CC(C)C4C(C)C)ccc3c2)CC1. The Morgan fingerprint density at radius 2 is 1.74 bits per heavy atom. The van der Waals surface area contributed by atoms with Gasteiger partial charge < -0.3 is 9.47 Å². The van der Waals surface area contributed by atoms with Crippen LogP contribution >= 0.6 is 0 Å². The van der Waals surface area contributed by atoms with Crippen molar-refractivity contribution in [1.29, 1.82) is 0 Å². The molecule has 0 N–H and O–H groups in total. The third-order valence-electron chi connectivity index (χ3n) is 8.04. The van der Waals surface area contributed by atoms with Gasteiger partial charge in [0.1, 0.15) is 11.9 Å². The molecule has 186 valence electrons. The number of carbonyl (C=O) groups is 1. The van der Waals surface area contributed by atoms with Crippen LogP contribution in [0.4, 0.5) is 0 Å². The lowest BCUT2D eigenvalue weighted by atomic mass is 9.69. The molecular formula is C30H43NO3. The third-order valence-corrected chi connectivity index (χ3v) is 8.04. The van der Waals surface area contributed by atoms with E-state index in [1.165, 1.54) is 22.8 Å². The van der Waals surface area contributed by atoms with Gasteiger partial charge in [-0.15, -0.1) is 0 Å². The number of esters is 1. The summed E-state index contributed by atoms with van der Waals surface area (Å²) in [6.07, 6.45) is 4.54. The van der Waals surface area contributed by atoms with Crippen LogP contribution in [0, 0.1) is 29.6 Å². The summed E-state index contributed by atoms with van der Waals surface area (Å²) in [4.78, 5) is 14.4. The molecule has 4 atom stereocenters. The number of hydrogen-bond acceptors (Lipinski definition) is 4. The lowest BCUT2D eigenvalue weighted by molar-refractivity contribution is -0.149. The number of fused-ring (bicyclic) bond motifs is 1. The minimum Gasteiger partial charge on any atom is -0.490 e. The van der Waals surface area contributed by atoms with Crippen LogP contribution < -0.4 is 4.74 Å². The lowest BCUT2D eigenvalue weighted by Gasteiger charge is -2.41. The van der Waals surface area contributed by atoms with Crippen molar-refractivity contribution in [3.05, 3.63) is 42.0 Å². The van der Waals surface area contributed by atoms with E-state index in [1.807, 2.05) is 6.92 Å². The molecule has 1 saturated carbocycles. The number of rotatable bonds is 7. The smallest absolute Gasteiger partial charge is 0.309 e. The van der Waals surface area contributed by atoms with Crippen molar-refractivity contribution >= 4 is 16.7 Å². The fourth-order valence-corrected chi connectivity index (χ4v) is 6.49. The van der Waals surface area contributed by atoms with Crippen LogP contribution in [-0.4, -0.2) is 36.7 Å². The minimum atomic E-state index is -0.0252. The maximum Gasteiger partial charge on any atom is 0.309 e. The molecule has 0 spiro atoms. The predicted octanol–water partition coefficient (Wildman–Crippen LogP) is 6.70. The number of nitrogens with zero attached hydrogens (tertiary/aromatic N) is 1. The molecule has 2 fully saturated rings. The van der Waals surface area contributed by atoms with Gasteiger partial charge in [-0.2, -0.15) is 0 Å². The van der Waals surface area contributed by atoms with Crippen LogP contribution in [0.25, 0.3) is 10.8 Å². The van der Waals surface area contributed by atoms with Crippen molar-refractivity contribution in [2.75, 3.05) is 19.7 Å². The van der Waals surface area contributed by atoms with Gasteiger partial charge in [0.2, 0.25) is 0 Å². The number of hydrogen-bond donors (Lipinski definition) is 0. The highest BCUT2D eigenvalue weighted by atomic mass is 16.5. The summed E-state index contributed by atoms with van der Waals surface area (Å²) in [7, 11) is 0. The zero-order valence-corrected chi connectivity index (χ0v) is 21.8. The summed E-state index contributed by atoms with van der Waals surface area (Å²) >= 11 is 0. The molecule has 34 heavy (non-hydrogen) atoms. The summed E-state index contributed by atoms with van der Waals surface area (Å²) in [5, 5.41) is 2.50. The minimum absolute atomic E-state index is 0.0252. The van der Waals surface area contributed by atoms with Crippen molar-refractivity contribution in [3.8, 4) is 5.75 Å². The van der Waals surface area contributed by atoms with E-state index in [0.29, 0.717) is 30.5 Å². The summed E-state index contributed by atoms with van der Waals surface area (Å²) in [6, 6.07) is 13.4. The van der Waals surface area contributed by atoms with E-state index in [1.54, 1.807) is 0 Å². The molecule has 1 heterocycles. The highest BCUT2D eigenvalue weighted by Crippen LogP contribution is 2.40. The third kappa shape index (κ3) is 5.94. The molecule has 4 nitrogen and oxygen atoms in total. The topological polar surface area (TPSA) is 38.8 Å². The maximum atomic E-state index is 12.0. The molecule has 1 saturated heterocycles. The van der Waals surface area contributed by atoms with Gasteiger partial charge in [-0.25, -0.2) is 0 Å². The van der Waals surface area contributed by atoms with Crippen molar-refractivity contribution in [2.45, 2.75) is 73.0 Å². The average molecular weight is 466 g/mol. The summed E-state index contributed by atoms with van der Waals surface area (Å²) < 4.78 is 11.8. The van der Waals surface area contributed by atoms with E-state index in [-0.39, 0.29) is 11.9 Å². The number of likely N-dealkylation sites (tertiary alicyclic amines) is 1. The molecule has 0 amide bonds. The first kappa shape index (κ1) is 25.0. The lowest BCUT2D eigenvalue weighted by Crippen LogP contribution is -2.41. The zero-order chi connectivity index (χ0) is 24.2. The second-order valence-corrected chi connectivity index (χ2v) is 11.2. The van der Waals surface area contributed by atoms with Crippen LogP contribution in [0.2, 0.25) is 0 Å². The Balaban J connectivity index is 1.39. The molecule has 0 aromatic heterocycles. The van der Waals surface area contributed by atoms with Crippen molar-refractivity contribution in [3.63, 3.8) is 0 Å². The number of benzene rings is 2. The molecule has 0 radical (unpaired) electrons. The van der Waals surface area contributed by atoms with Gasteiger partial charge in [-0.1, -0.05) is 45.9 Å². The Morgan fingerprint density at radius 1 is 1.03 bits per heavy atom. The van der Waals surface area contributed by atoms with Crippen LogP contribution in [-0.2, 0) is 16.1 Å². The normalized spacial score (nSPS) is 26.6. The first-order valence-corrected chi connectivity index (χ1v) is 13.4. The first-order valence-electron chi connectivity index (χ1n) is 13.4. The molecule has 1 aliphatic carbocycles. The van der Waals surface area contributed by atoms with Crippen LogP contribution in [0.3, 0.4) is 0 Å². The van der Waals surface area contributed by atoms with Gasteiger partial charge in [-0.3, -0.25) is 9.69 Å². The van der Waals surface area contributed by atoms with Crippen LogP contribution in [0.5, 0.6) is 5.75 Å². The molecule has 4 heteroatoms. The molecule has 2 aromatic carbocycles. The standard InChI is InChI=1S/C30H43NO3/c1-6-33-30(32)24-11-13-31(14-12-24)19-23-7-8-26-18-27(10-9-25(26)17-23)34-28-16-21(4)15-22(5)29(28)20(2)3/h7-10,17-18,20-22,24,28-29H,6,11-16,19H2,1-5H3/t21-,22?,28-,29?/m1/s1. The Kier molecular flexibility index (Phi) is 8.18. The molecule has 2 aromatic rings. The number of carbonyl (C=O) groups excluding carboxylic acids is 1. The van der Waals surface area contributed by atoms with Crippen molar-refractivity contribution in [1.82, 2.24) is 4.90 Å². The summed E-state index contributed by atoms with van der Waals surface area (Å²) in [6.45, 7) is 14.6. The van der Waals surface area contributed by atoms with Crippen LogP contribution in [0.1, 0.15) is 65.9 Å². The second-order valence-electron chi connectivity index (χ2n) is 11.2. The van der Waals surface area contributed by atoms with Crippen molar-refractivity contribution < 1.29 is 14.3 Å². The van der Waals surface area contributed by atoms with Gasteiger partial charge in [0.25, 0.3) is 0 Å². The Morgan fingerprint density at radius 3 is 2.44 bits per heavy atom. The molecule has 4 rings (SSSR count). The Hall–Kier alpha value is -2.07. The highest BCUT2D eigenvalue weighted by molar-refractivity contribution is 5.84. The van der Waals surface area contributed by atoms with Gasteiger partial charge >= 0.3 is 5.97 Å². The Labute approximate surface area is 206 Å². The monoisotopic (exact) mass is 465 g/mol. The van der Waals surface area contributed by atoms with Gasteiger partial charge in [0.15, 0.2) is 0 Å². The van der Waals surface area contributed by atoms with E-state index < -0.39 is 0 Å². The number of piperidine rings is 1. The van der Waals surface area contributed by atoms with E-state index in [4.69, 9.17) is 9.47 Å². The Bertz CT molecular complexity index is 963. The maximum absolute atomic E-state index is 12.0.